The molecule has 0 aromatic heterocycles. The molecule has 0 aliphatic rings. The van der Waals surface area contributed by atoms with Crippen LogP contribution in [0.2, 0.25) is 0 Å². The van der Waals surface area contributed by atoms with Crippen molar-refractivity contribution in [2.75, 3.05) is 42.7 Å². The van der Waals surface area contributed by atoms with Crippen LogP contribution in [-0.4, -0.2) is 48.4 Å². The van der Waals surface area contributed by atoms with Gasteiger partial charge in [-0.25, -0.2) is 0 Å². The van der Waals surface area contributed by atoms with Gasteiger partial charge in [0, 0.05) is 12.0 Å². The Bertz CT molecular complexity index is 826. The van der Waals surface area contributed by atoms with Crippen LogP contribution >= 0.6 is 0 Å². The lowest BCUT2D eigenvalue weighted by Crippen LogP contribution is -2.09. The SMILES string of the molecule is CCC(CC(=O)c1cc(OC)c(OC)c(OC)c1)c1cc(OC)c(OC)c(OC)c1. The highest BCUT2D eigenvalue weighted by Gasteiger charge is 2.23. The molecule has 7 nitrogen and oxygen atoms in total. The van der Waals surface area contributed by atoms with Crippen molar-refractivity contribution in [3.8, 4) is 34.5 Å². The highest BCUT2D eigenvalue weighted by Crippen LogP contribution is 2.42. The molecule has 7 heteroatoms. The van der Waals surface area contributed by atoms with Crippen molar-refractivity contribution in [1.29, 1.82) is 0 Å². The van der Waals surface area contributed by atoms with Crippen LogP contribution in [0.5, 0.6) is 34.5 Å². The first-order valence-corrected chi connectivity index (χ1v) is 9.60. The summed E-state index contributed by atoms with van der Waals surface area (Å²) in [7, 11) is 9.28. The molecule has 0 fully saturated rings. The van der Waals surface area contributed by atoms with E-state index in [4.69, 9.17) is 28.4 Å². The third-order valence-electron chi connectivity index (χ3n) is 5.07. The monoisotopic (exact) mass is 418 g/mol. The highest BCUT2D eigenvalue weighted by atomic mass is 16.5. The van der Waals surface area contributed by atoms with Crippen LogP contribution in [0.1, 0.15) is 41.6 Å². The lowest BCUT2D eigenvalue weighted by Gasteiger charge is -2.20. The summed E-state index contributed by atoms with van der Waals surface area (Å²) < 4.78 is 32.4. The van der Waals surface area contributed by atoms with Crippen LogP contribution < -0.4 is 28.4 Å². The summed E-state index contributed by atoms with van der Waals surface area (Å²) in [4.78, 5) is 13.1. The molecular weight excluding hydrogens is 388 g/mol. The van der Waals surface area contributed by atoms with Gasteiger partial charge < -0.3 is 28.4 Å². The Morgan fingerprint density at radius 1 is 0.700 bits per heavy atom. The molecule has 2 rings (SSSR count). The number of hydrogen-bond acceptors (Lipinski definition) is 7. The molecule has 0 N–H and O–H groups in total. The van der Waals surface area contributed by atoms with Crippen molar-refractivity contribution >= 4 is 5.78 Å². The molecule has 0 amide bonds. The molecule has 0 heterocycles. The van der Waals surface area contributed by atoms with Gasteiger partial charge >= 0.3 is 0 Å². The predicted octanol–water partition coefficient (Wildman–Crippen LogP) is 4.50. The van der Waals surface area contributed by atoms with Gasteiger partial charge in [-0.05, 0) is 42.2 Å². The van der Waals surface area contributed by atoms with Gasteiger partial charge in [0.15, 0.2) is 28.8 Å². The van der Waals surface area contributed by atoms with Gasteiger partial charge in [-0.15, -0.1) is 0 Å². The van der Waals surface area contributed by atoms with Crippen LogP contribution in [0, 0.1) is 0 Å². The average molecular weight is 418 g/mol. The van der Waals surface area contributed by atoms with E-state index in [1.54, 1.807) is 33.5 Å². The minimum absolute atomic E-state index is 0.0325. The fourth-order valence-corrected chi connectivity index (χ4v) is 3.42. The van der Waals surface area contributed by atoms with Crippen molar-refractivity contribution < 1.29 is 33.2 Å². The Morgan fingerprint density at radius 2 is 1.10 bits per heavy atom. The van der Waals surface area contributed by atoms with Crippen LogP contribution in [0.3, 0.4) is 0 Å². The number of methoxy groups -OCH3 is 6. The van der Waals surface area contributed by atoms with Crippen molar-refractivity contribution in [3.05, 3.63) is 35.4 Å². The number of hydrogen-bond donors (Lipinski definition) is 0. The van der Waals surface area contributed by atoms with E-state index in [0.717, 1.165) is 12.0 Å². The zero-order valence-electron chi connectivity index (χ0n) is 18.7. The molecule has 0 saturated carbocycles. The molecule has 1 unspecified atom stereocenters. The van der Waals surface area contributed by atoms with Crippen molar-refractivity contribution in [2.45, 2.75) is 25.7 Å². The van der Waals surface area contributed by atoms with E-state index >= 15 is 0 Å². The Hall–Kier alpha value is -3.09. The molecule has 2 aromatic carbocycles. The first kappa shape index (κ1) is 23.2. The number of carbonyl (C=O) groups is 1. The molecule has 1 atom stereocenters. The normalized spacial score (nSPS) is 11.4. The van der Waals surface area contributed by atoms with E-state index in [9.17, 15) is 4.79 Å². The van der Waals surface area contributed by atoms with Gasteiger partial charge in [0.05, 0.1) is 42.7 Å². The molecule has 30 heavy (non-hydrogen) atoms. The van der Waals surface area contributed by atoms with Crippen molar-refractivity contribution in [1.82, 2.24) is 0 Å². The molecule has 164 valence electrons. The largest absolute Gasteiger partial charge is 0.493 e. The van der Waals surface area contributed by atoms with Crippen LogP contribution in [-0.2, 0) is 0 Å². The van der Waals surface area contributed by atoms with E-state index < -0.39 is 0 Å². The summed E-state index contributed by atoms with van der Waals surface area (Å²) in [6.45, 7) is 2.04. The van der Waals surface area contributed by atoms with Crippen LogP contribution in [0.4, 0.5) is 0 Å². The highest BCUT2D eigenvalue weighted by molar-refractivity contribution is 5.98. The molecule has 0 bridgehead atoms. The van der Waals surface area contributed by atoms with Crippen LogP contribution in [0.25, 0.3) is 0 Å². The lowest BCUT2D eigenvalue weighted by molar-refractivity contribution is 0.0972. The predicted molar refractivity (Wildman–Crippen MR) is 114 cm³/mol. The number of ketones is 1. The van der Waals surface area contributed by atoms with E-state index in [-0.39, 0.29) is 11.7 Å². The fraction of sp³-hybridized carbons (Fsp3) is 0.435. The summed E-state index contributed by atoms with van der Waals surface area (Å²) in [5, 5.41) is 0. The first-order chi connectivity index (χ1) is 14.5. The van der Waals surface area contributed by atoms with E-state index in [1.165, 1.54) is 21.3 Å². The quantitative estimate of drug-likeness (QED) is 0.497. The Balaban J connectivity index is 2.40. The van der Waals surface area contributed by atoms with Gasteiger partial charge in [-0.2, -0.15) is 0 Å². The van der Waals surface area contributed by atoms with Gasteiger partial charge in [-0.1, -0.05) is 6.92 Å². The summed E-state index contributed by atoms with van der Waals surface area (Å²) in [5.41, 5.74) is 1.43. The summed E-state index contributed by atoms with van der Waals surface area (Å²) >= 11 is 0. The smallest absolute Gasteiger partial charge is 0.203 e. The molecular formula is C23H30O7. The van der Waals surface area contributed by atoms with E-state index in [0.29, 0.717) is 46.5 Å². The zero-order valence-corrected chi connectivity index (χ0v) is 18.7. The topological polar surface area (TPSA) is 72.5 Å². The fourth-order valence-electron chi connectivity index (χ4n) is 3.42. The number of benzene rings is 2. The van der Waals surface area contributed by atoms with E-state index in [1.807, 2.05) is 19.1 Å². The van der Waals surface area contributed by atoms with Gasteiger partial charge in [0.25, 0.3) is 0 Å². The Labute approximate surface area is 177 Å². The van der Waals surface area contributed by atoms with Crippen molar-refractivity contribution in [3.63, 3.8) is 0 Å². The zero-order chi connectivity index (χ0) is 22.3. The molecule has 2 aromatic rings. The number of carbonyl (C=O) groups excluding carboxylic acids is 1. The third kappa shape index (κ3) is 4.72. The maximum atomic E-state index is 13.1. The Morgan fingerprint density at radius 3 is 1.43 bits per heavy atom. The summed E-state index contributed by atoms with van der Waals surface area (Å²) in [5.74, 6) is 2.92. The summed E-state index contributed by atoms with van der Waals surface area (Å²) in [6, 6.07) is 7.12. The number of rotatable bonds is 11. The van der Waals surface area contributed by atoms with Gasteiger partial charge in [0.1, 0.15) is 0 Å². The second kappa shape index (κ2) is 10.6. The second-order valence-electron chi connectivity index (χ2n) is 6.61. The van der Waals surface area contributed by atoms with Gasteiger partial charge in [0.2, 0.25) is 11.5 Å². The Kier molecular flexibility index (Phi) is 8.21. The van der Waals surface area contributed by atoms with Crippen molar-refractivity contribution in [2.24, 2.45) is 0 Å². The second-order valence-corrected chi connectivity index (χ2v) is 6.61. The van der Waals surface area contributed by atoms with E-state index in [2.05, 4.69) is 0 Å². The minimum atomic E-state index is -0.0368. The molecule has 0 aliphatic heterocycles. The maximum absolute atomic E-state index is 13.1. The minimum Gasteiger partial charge on any atom is -0.493 e. The van der Waals surface area contributed by atoms with Crippen LogP contribution in [0.15, 0.2) is 24.3 Å². The molecule has 0 aliphatic carbocycles. The molecule has 0 saturated heterocycles. The first-order valence-electron chi connectivity index (χ1n) is 9.60. The van der Waals surface area contributed by atoms with Gasteiger partial charge in [-0.3, -0.25) is 4.79 Å². The molecule has 0 spiro atoms. The summed E-state index contributed by atoms with van der Waals surface area (Å²) in [6.07, 6.45) is 1.06. The maximum Gasteiger partial charge on any atom is 0.203 e. The lowest BCUT2D eigenvalue weighted by atomic mass is 9.89. The third-order valence-corrected chi connectivity index (χ3v) is 5.07. The standard InChI is InChI=1S/C23H30O7/c1-8-14(15-10-18(25-2)22(29-6)19(11-15)26-3)9-17(24)16-12-20(27-4)23(30-7)21(13-16)28-5/h10-14H,8-9H2,1-7H3. The number of Topliss-reactive ketones (excluding diaryl/α,β-unsaturated/α-hetero) is 1. The molecule has 0 radical (unpaired) electrons. The number of ether oxygens (including phenoxy) is 6. The average Bonchev–Trinajstić information content (AvgIpc) is 2.79.